The predicted molar refractivity (Wildman–Crippen MR) is 53.6 cm³/mol. The van der Waals surface area contributed by atoms with Crippen LogP contribution in [0.2, 0.25) is 0 Å². The fourth-order valence-corrected chi connectivity index (χ4v) is 0. The Balaban J connectivity index is 4.43. The summed E-state index contributed by atoms with van der Waals surface area (Å²) in [5.74, 6) is 0. The number of rotatable bonds is 0. The van der Waals surface area contributed by atoms with Crippen LogP contribution in [0.1, 0.15) is 0 Å². The molecule has 0 fully saturated rings. The predicted octanol–water partition coefficient (Wildman–Crippen LogP) is 5.07. The van der Waals surface area contributed by atoms with Crippen LogP contribution in [0, 0.1) is 0 Å². The Morgan fingerprint density at radius 2 is 0.571 bits per heavy atom. The maximum absolute atomic E-state index is 3.48. The van der Waals surface area contributed by atoms with Gasteiger partial charge in [-0.15, -0.1) is 0 Å². The molecule has 0 aromatic rings. The van der Waals surface area contributed by atoms with E-state index in [2.05, 4.69) is 78.1 Å². The molecule has 0 aliphatic carbocycles. The van der Waals surface area contributed by atoms with Crippen molar-refractivity contribution in [3.8, 4) is 0 Å². The summed E-state index contributed by atoms with van der Waals surface area (Å²) in [4.78, 5) is 0. The van der Waals surface area contributed by atoms with E-state index in [1.807, 2.05) is 0 Å². The molecule has 0 aromatic carbocycles. The summed E-state index contributed by atoms with van der Waals surface area (Å²) < 4.78 is -3.48. The first-order chi connectivity index (χ1) is 2.45. The summed E-state index contributed by atoms with van der Waals surface area (Å²) in [6, 6.07) is 0. The SMILES string of the molecule is [Br][Ta-]([Br])([Br])([Br])([Br])[Br]. The summed E-state index contributed by atoms with van der Waals surface area (Å²) in [5, 5.41) is 0. The standard InChI is InChI=1S/6BrH.Ta/h6*1H;/q;;;;;;+5/p-6. The summed E-state index contributed by atoms with van der Waals surface area (Å²) in [7, 11) is 0. The molecule has 0 rings (SSSR count). The molecule has 0 radical (unpaired) electrons. The minimum atomic E-state index is -3.48. The van der Waals surface area contributed by atoms with E-state index in [-0.39, 0.29) is 0 Å². The van der Waals surface area contributed by atoms with Crippen LogP contribution >= 0.6 is 78.1 Å². The first kappa shape index (κ1) is 10.6. The van der Waals surface area contributed by atoms with Crippen LogP contribution in [0.4, 0.5) is 0 Å². The topological polar surface area (TPSA) is 0 Å². The summed E-state index contributed by atoms with van der Waals surface area (Å²) in [6.45, 7) is 0. The van der Waals surface area contributed by atoms with E-state index in [1.165, 1.54) is 0 Å². The number of halogens is 6. The van der Waals surface area contributed by atoms with Crippen LogP contribution in [0.3, 0.4) is 0 Å². The molecule has 0 saturated carbocycles. The van der Waals surface area contributed by atoms with E-state index in [4.69, 9.17) is 0 Å². The van der Waals surface area contributed by atoms with Gasteiger partial charge in [-0.2, -0.15) is 0 Å². The fraction of sp³-hybridized carbons (Fsp3) is 0. The maximum atomic E-state index is 3.37. The van der Waals surface area contributed by atoms with Gasteiger partial charge in [0, 0.05) is 0 Å². The van der Waals surface area contributed by atoms with Gasteiger partial charge in [-0.1, -0.05) is 0 Å². The molecule has 0 unspecified atom stereocenters. The second-order valence-corrected chi connectivity index (χ2v) is 212. The molecule has 0 atom stereocenters. The van der Waals surface area contributed by atoms with Crippen molar-refractivity contribution in [1.29, 1.82) is 0 Å². The summed E-state index contributed by atoms with van der Waals surface area (Å²) in [5.41, 5.74) is 0. The van der Waals surface area contributed by atoms with E-state index >= 15 is 0 Å². The van der Waals surface area contributed by atoms with Crippen LogP contribution in [0.25, 0.3) is 0 Å². The first-order valence-corrected chi connectivity index (χ1v) is 43.1. The number of hydrogen-bond acceptors (Lipinski definition) is 0. The van der Waals surface area contributed by atoms with Gasteiger partial charge in [0.25, 0.3) is 0 Å². The van der Waals surface area contributed by atoms with Crippen LogP contribution in [0.15, 0.2) is 0 Å². The molecule has 7 heteroatoms. The fourth-order valence-electron chi connectivity index (χ4n) is 0. The van der Waals surface area contributed by atoms with E-state index in [9.17, 15) is 0 Å². The molecule has 0 heterocycles. The van der Waals surface area contributed by atoms with Crippen molar-refractivity contribution < 1.29 is 1.70 Å². The van der Waals surface area contributed by atoms with Gasteiger partial charge in [0.05, 0.1) is 0 Å². The first-order valence-electron chi connectivity index (χ1n) is 1.01. The van der Waals surface area contributed by atoms with E-state index in [0.717, 1.165) is 0 Å². The van der Waals surface area contributed by atoms with Crippen molar-refractivity contribution in [3.63, 3.8) is 0 Å². The Morgan fingerprint density at radius 1 is 0.571 bits per heavy atom. The molecular formula is Br6Ta-. The van der Waals surface area contributed by atoms with Gasteiger partial charge >= 0.3 is 79.8 Å². The van der Waals surface area contributed by atoms with Gasteiger partial charge in [0.15, 0.2) is 0 Å². The Hall–Kier alpha value is 3.62. The molecule has 0 aromatic heterocycles. The third-order valence-corrected chi connectivity index (χ3v) is 0. The third-order valence-electron chi connectivity index (χ3n) is 0. The van der Waals surface area contributed by atoms with Crippen molar-refractivity contribution in [2.45, 2.75) is 0 Å². The van der Waals surface area contributed by atoms with Crippen LogP contribution < -0.4 is 0 Å². The van der Waals surface area contributed by atoms with Crippen LogP contribution in [0.5, 0.6) is 0 Å². The molecule has 0 aliphatic rings. The molecule has 0 spiro atoms. The zero-order valence-corrected chi connectivity index (χ0v) is 15.4. The molecule has 0 bridgehead atoms. The monoisotopic (exact) mass is 654 g/mol. The van der Waals surface area contributed by atoms with Crippen molar-refractivity contribution in [3.05, 3.63) is 0 Å². The minimum absolute atomic E-state index is 3.37. The Morgan fingerprint density at radius 3 is 0.571 bits per heavy atom. The average molecular weight is 660 g/mol. The Kier molecular flexibility index (Phi) is 3.13. The van der Waals surface area contributed by atoms with E-state index < -0.39 is 1.70 Å². The Bertz CT molecular complexity index is 62.7. The second-order valence-electron chi connectivity index (χ2n) is 0.958. The van der Waals surface area contributed by atoms with Crippen molar-refractivity contribution in [2.24, 2.45) is 0 Å². The normalized spacial score (nSPS) is 23.1. The Labute approximate surface area is 77.7 Å². The van der Waals surface area contributed by atoms with Gasteiger partial charge < -0.3 is 0 Å². The van der Waals surface area contributed by atoms with Gasteiger partial charge in [0.1, 0.15) is 0 Å². The zero-order valence-electron chi connectivity index (χ0n) is 2.72. The number of hydrogen-bond donors (Lipinski definition) is 0. The van der Waals surface area contributed by atoms with Crippen molar-refractivity contribution in [2.75, 3.05) is 0 Å². The zero-order chi connectivity index (χ0) is 6.41. The molecule has 0 saturated heterocycles. The molecule has 48 valence electrons. The van der Waals surface area contributed by atoms with E-state index in [1.54, 1.807) is 0 Å². The van der Waals surface area contributed by atoms with E-state index in [0.29, 0.717) is 0 Å². The second kappa shape index (κ2) is 2.06. The molecule has 0 nitrogen and oxygen atoms in total. The van der Waals surface area contributed by atoms with Crippen molar-refractivity contribution in [1.82, 2.24) is 0 Å². The summed E-state index contributed by atoms with van der Waals surface area (Å²) in [6.07, 6.45) is 0. The molecule has 0 aliphatic heterocycles. The molecule has 7 heavy (non-hydrogen) atoms. The van der Waals surface area contributed by atoms with Crippen LogP contribution in [-0.4, -0.2) is 0 Å². The van der Waals surface area contributed by atoms with Crippen LogP contribution in [-0.2, 0) is 1.70 Å². The van der Waals surface area contributed by atoms with Crippen molar-refractivity contribution >= 4 is 78.1 Å². The van der Waals surface area contributed by atoms with Gasteiger partial charge in [-0.25, -0.2) is 0 Å². The molecule has 0 N–H and O–H groups in total. The third kappa shape index (κ3) is 42.6. The van der Waals surface area contributed by atoms with Gasteiger partial charge in [-0.05, 0) is 0 Å². The quantitative estimate of drug-likeness (QED) is 0.341. The van der Waals surface area contributed by atoms with Gasteiger partial charge in [-0.3, -0.25) is 0 Å². The average Bonchev–Trinajstić information content (AvgIpc) is 0.592. The molecular weight excluding hydrogens is 660 g/mol. The summed E-state index contributed by atoms with van der Waals surface area (Å²) >= 11 is 20.2. The molecule has 0 amide bonds. The van der Waals surface area contributed by atoms with Gasteiger partial charge in [0.2, 0.25) is 0 Å².